The highest BCUT2D eigenvalue weighted by atomic mass is 35.5. The van der Waals surface area contributed by atoms with Gasteiger partial charge in [-0.05, 0) is 49.7 Å². The number of halogens is 2. The molecule has 0 radical (unpaired) electrons. The maximum Gasteiger partial charge on any atom is 0.260 e. The number of fused-ring (bicyclic) bond motifs is 1. The summed E-state index contributed by atoms with van der Waals surface area (Å²) in [6.07, 6.45) is 2.00. The molecule has 0 aliphatic heterocycles. The highest BCUT2D eigenvalue weighted by molar-refractivity contribution is 7.98. The van der Waals surface area contributed by atoms with Gasteiger partial charge in [0, 0.05) is 23.5 Å². The normalized spacial score (nSPS) is 10.9. The number of anilines is 1. The van der Waals surface area contributed by atoms with E-state index in [1.165, 1.54) is 11.3 Å². The predicted octanol–water partition coefficient (Wildman–Crippen LogP) is 6.09. The lowest BCUT2D eigenvalue weighted by Gasteiger charge is -2.25. The van der Waals surface area contributed by atoms with E-state index >= 15 is 0 Å². The number of thioether (sulfide) groups is 1. The molecule has 0 aliphatic carbocycles. The van der Waals surface area contributed by atoms with Crippen molar-refractivity contribution in [3.8, 4) is 5.75 Å². The Morgan fingerprint density at radius 1 is 1.19 bits per heavy atom. The summed E-state index contributed by atoms with van der Waals surface area (Å²) in [4.78, 5) is 23.4. The van der Waals surface area contributed by atoms with Crippen LogP contribution in [-0.2, 0) is 0 Å². The molecular formula is C22H27Cl2N3O2S2. The molecule has 3 rings (SSSR count). The van der Waals surface area contributed by atoms with Gasteiger partial charge in [-0.2, -0.15) is 0 Å². The summed E-state index contributed by atoms with van der Waals surface area (Å²) in [6, 6.07) is 11.3. The molecule has 0 saturated carbocycles. The fourth-order valence-corrected chi connectivity index (χ4v) is 4.94. The molecule has 1 heterocycles. The zero-order valence-electron chi connectivity index (χ0n) is 18.1. The van der Waals surface area contributed by atoms with Gasteiger partial charge in [0.15, 0.2) is 5.13 Å². The van der Waals surface area contributed by atoms with E-state index in [0.29, 0.717) is 33.5 Å². The third-order valence-corrected chi connectivity index (χ3v) is 7.26. The molecule has 2 aromatic carbocycles. The summed E-state index contributed by atoms with van der Waals surface area (Å²) in [5, 5.41) is 1.23. The van der Waals surface area contributed by atoms with E-state index in [4.69, 9.17) is 21.3 Å². The number of thiazole rings is 1. The number of nitrogens with zero attached hydrogens (tertiary/aromatic N) is 3. The largest absolute Gasteiger partial charge is 0.494 e. The summed E-state index contributed by atoms with van der Waals surface area (Å²) in [5.41, 5.74) is 1.34. The smallest absolute Gasteiger partial charge is 0.260 e. The molecule has 1 amide bonds. The SMILES string of the molecule is CCN(CC)CCN(C(=O)c1cccc(SC)c1)c1nc2c(OC)ccc(Cl)c2s1.Cl. The first kappa shape index (κ1) is 25.7. The number of methoxy groups -OCH3 is 1. The van der Waals surface area contributed by atoms with Gasteiger partial charge < -0.3 is 9.64 Å². The first-order chi connectivity index (χ1) is 14.5. The standard InChI is InChI=1S/C22H26ClN3O2S2.ClH/c1-5-25(6-2)12-13-26(21(27)15-8-7-9-16(14-15)29-4)22-24-19-18(28-3)11-10-17(23)20(19)30-22;/h7-11,14H,5-6,12-13H2,1-4H3;1H. The van der Waals surface area contributed by atoms with Crippen LogP contribution in [0.25, 0.3) is 10.2 Å². The number of carbonyl (C=O) groups excluding carboxylic acids is 1. The Morgan fingerprint density at radius 3 is 2.58 bits per heavy atom. The molecular weight excluding hydrogens is 473 g/mol. The molecule has 0 spiro atoms. The Hall–Kier alpha value is -1.51. The molecule has 0 aliphatic rings. The summed E-state index contributed by atoms with van der Waals surface area (Å²) >= 11 is 9.45. The minimum absolute atomic E-state index is 0. The molecule has 0 N–H and O–H groups in total. The van der Waals surface area contributed by atoms with Crippen LogP contribution in [0.15, 0.2) is 41.3 Å². The number of hydrogen-bond donors (Lipinski definition) is 0. The Kier molecular flexibility index (Phi) is 9.90. The number of carbonyl (C=O) groups is 1. The minimum atomic E-state index is -0.0628. The average Bonchev–Trinajstić information content (AvgIpc) is 3.23. The Morgan fingerprint density at radius 2 is 1.94 bits per heavy atom. The topological polar surface area (TPSA) is 45.7 Å². The monoisotopic (exact) mass is 499 g/mol. The molecule has 168 valence electrons. The Labute approximate surface area is 203 Å². The number of benzene rings is 2. The number of hydrogen-bond acceptors (Lipinski definition) is 6. The summed E-state index contributed by atoms with van der Waals surface area (Å²) < 4.78 is 6.28. The maximum atomic E-state index is 13.5. The quantitative estimate of drug-likeness (QED) is 0.333. The van der Waals surface area contributed by atoms with Crippen LogP contribution in [0.5, 0.6) is 5.75 Å². The third kappa shape index (κ3) is 5.84. The number of ether oxygens (including phenoxy) is 1. The molecule has 1 aromatic heterocycles. The van der Waals surface area contributed by atoms with Crippen molar-refractivity contribution in [3.05, 3.63) is 47.0 Å². The number of rotatable bonds is 9. The fourth-order valence-electron chi connectivity index (χ4n) is 3.20. The zero-order chi connectivity index (χ0) is 21.7. The zero-order valence-corrected chi connectivity index (χ0v) is 21.3. The van der Waals surface area contributed by atoms with Crippen LogP contribution in [0.2, 0.25) is 5.02 Å². The average molecular weight is 501 g/mol. The van der Waals surface area contributed by atoms with Crippen LogP contribution in [0.4, 0.5) is 5.13 Å². The number of likely N-dealkylation sites (N-methyl/N-ethyl adjacent to an activating group) is 1. The van der Waals surface area contributed by atoms with E-state index in [2.05, 4.69) is 18.7 Å². The van der Waals surface area contributed by atoms with Crippen LogP contribution in [0.1, 0.15) is 24.2 Å². The van der Waals surface area contributed by atoms with Gasteiger partial charge >= 0.3 is 0 Å². The van der Waals surface area contributed by atoms with Crippen molar-refractivity contribution in [2.24, 2.45) is 0 Å². The Balaban J connectivity index is 0.00000341. The van der Waals surface area contributed by atoms with Crippen molar-refractivity contribution in [1.82, 2.24) is 9.88 Å². The lowest BCUT2D eigenvalue weighted by Crippen LogP contribution is -2.38. The first-order valence-electron chi connectivity index (χ1n) is 9.83. The molecule has 0 atom stereocenters. The maximum absolute atomic E-state index is 13.5. The van der Waals surface area contributed by atoms with E-state index in [1.807, 2.05) is 30.5 Å². The van der Waals surface area contributed by atoms with E-state index < -0.39 is 0 Å². The molecule has 5 nitrogen and oxygen atoms in total. The van der Waals surface area contributed by atoms with Gasteiger partial charge in [-0.1, -0.05) is 42.9 Å². The third-order valence-electron chi connectivity index (χ3n) is 4.99. The van der Waals surface area contributed by atoms with Crippen molar-refractivity contribution in [2.75, 3.05) is 44.4 Å². The van der Waals surface area contributed by atoms with Crippen molar-refractivity contribution < 1.29 is 9.53 Å². The van der Waals surface area contributed by atoms with Crippen LogP contribution in [0.3, 0.4) is 0 Å². The second-order valence-electron chi connectivity index (χ2n) is 6.64. The van der Waals surface area contributed by atoms with Crippen LogP contribution in [-0.4, -0.2) is 55.3 Å². The molecule has 0 bridgehead atoms. The van der Waals surface area contributed by atoms with Crippen molar-refractivity contribution in [1.29, 1.82) is 0 Å². The molecule has 0 unspecified atom stereocenters. The molecule has 9 heteroatoms. The van der Waals surface area contributed by atoms with Crippen molar-refractivity contribution in [3.63, 3.8) is 0 Å². The molecule has 31 heavy (non-hydrogen) atoms. The summed E-state index contributed by atoms with van der Waals surface area (Å²) in [5.74, 6) is 0.588. The van der Waals surface area contributed by atoms with E-state index in [1.54, 1.807) is 35.9 Å². The molecule has 0 fully saturated rings. The molecule has 0 saturated heterocycles. The van der Waals surface area contributed by atoms with Gasteiger partial charge in [0.2, 0.25) is 0 Å². The van der Waals surface area contributed by atoms with Gasteiger partial charge in [-0.15, -0.1) is 24.2 Å². The highest BCUT2D eigenvalue weighted by Crippen LogP contribution is 2.39. The van der Waals surface area contributed by atoms with Gasteiger partial charge in [-0.3, -0.25) is 9.69 Å². The minimum Gasteiger partial charge on any atom is -0.494 e. The lowest BCUT2D eigenvalue weighted by atomic mass is 10.2. The van der Waals surface area contributed by atoms with Gasteiger partial charge in [0.05, 0.1) is 16.8 Å². The van der Waals surface area contributed by atoms with E-state index in [-0.39, 0.29) is 18.3 Å². The Bertz CT molecular complexity index is 1030. The fraction of sp³-hybridized carbons (Fsp3) is 0.364. The van der Waals surface area contributed by atoms with Gasteiger partial charge in [-0.25, -0.2) is 4.98 Å². The van der Waals surface area contributed by atoms with Gasteiger partial charge in [0.25, 0.3) is 5.91 Å². The van der Waals surface area contributed by atoms with Crippen molar-refractivity contribution >= 4 is 68.4 Å². The number of aromatic nitrogens is 1. The molecule has 3 aromatic rings. The van der Waals surface area contributed by atoms with Gasteiger partial charge in [0.1, 0.15) is 11.3 Å². The van der Waals surface area contributed by atoms with Crippen molar-refractivity contribution in [2.45, 2.75) is 18.7 Å². The second-order valence-corrected chi connectivity index (χ2v) is 8.90. The summed E-state index contributed by atoms with van der Waals surface area (Å²) in [6.45, 7) is 7.42. The lowest BCUT2D eigenvalue weighted by molar-refractivity contribution is 0.0983. The predicted molar refractivity (Wildman–Crippen MR) is 136 cm³/mol. The van der Waals surface area contributed by atoms with E-state index in [9.17, 15) is 4.79 Å². The highest BCUT2D eigenvalue weighted by Gasteiger charge is 2.24. The van der Waals surface area contributed by atoms with E-state index in [0.717, 1.165) is 29.2 Å². The number of amides is 1. The van der Waals surface area contributed by atoms with Crippen LogP contribution in [0, 0.1) is 0 Å². The second kappa shape index (κ2) is 11.9. The van der Waals surface area contributed by atoms with Crippen LogP contribution >= 0.6 is 47.1 Å². The van der Waals surface area contributed by atoms with Crippen LogP contribution < -0.4 is 9.64 Å². The summed E-state index contributed by atoms with van der Waals surface area (Å²) in [7, 11) is 1.61. The first-order valence-corrected chi connectivity index (χ1v) is 12.3.